The number of thiophene rings is 1. The Morgan fingerprint density at radius 2 is 2.00 bits per heavy atom. The van der Waals surface area contributed by atoms with Gasteiger partial charge < -0.3 is 4.74 Å². The van der Waals surface area contributed by atoms with Crippen molar-refractivity contribution in [2.75, 3.05) is 7.11 Å². The fourth-order valence-electron chi connectivity index (χ4n) is 1.54. The van der Waals surface area contributed by atoms with Crippen LogP contribution in [0.1, 0.15) is 10.4 Å². The molecule has 0 fully saturated rings. The molecular formula is C12H11BO2S. The molecule has 0 saturated heterocycles. The smallest absolute Gasteiger partial charge is 0.338 e. The fraction of sp³-hybridized carbons (Fsp3) is 0.0833. The number of carbonyl (C=O) groups excluding carboxylic acids is 1. The normalized spacial score (nSPS) is 10.1. The Bertz CT molecular complexity index is 505. The summed E-state index contributed by atoms with van der Waals surface area (Å²) in [5.74, 6) is -0.268. The maximum atomic E-state index is 11.5. The molecule has 0 aliphatic carbocycles. The lowest BCUT2D eigenvalue weighted by Gasteiger charge is -1.95. The number of esters is 1. The zero-order chi connectivity index (χ0) is 11.5. The van der Waals surface area contributed by atoms with Crippen LogP contribution in [0.15, 0.2) is 36.4 Å². The third-order valence-corrected chi connectivity index (χ3v) is 3.48. The SMILES string of the molecule is Bc1sc(-c2ccccc2)cc1C(=O)OC. The second-order valence-electron chi connectivity index (χ2n) is 3.44. The van der Waals surface area contributed by atoms with Gasteiger partial charge >= 0.3 is 5.97 Å². The molecular weight excluding hydrogens is 219 g/mol. The molecule has 0 amide bonds. The third-order valence-electron chi connectivity index (χ3n) is 2.38. The number of carbonyl (C=O) groups is 1. The molecule has 0 aliphatic heterocycles. The van der Waals surface area contributed by atoms with Gasteiger partial charge in [-0.05, 0) is 16.4 Å². The highest BCUT2D eigenvalue weighted by Crippen LogP contribution is 2.25. The summed E-state index contributed by atoms with van der Waals surface area (Å²) < 4.78 is 5.73. The van der Waals surface area contributed by atoms with Crippen LogP contribution < -0.4 is 4.78 Å². The fourth-order valence-corrected chi connectivity index (χ4v) is 2.55. The molecule has 2 rings (SSSR count). The Kier molecular flexibility index (Phi) is 3.10. The zero-order valence-corrected chi connectivity index (χ0v) is 10.0. The minimum Gasteiger partial charge on any atom is -0.465 e. The molecule has 0 atom stereocenters. The molecule has 0 bridgehead atoms. The van der Waals surface area contributed by atoms with Crippen LogP contribution in [0.4, 0.5) is 0 Å². The van der Waals surface area contributed by atoms with E-state index in [1.807, 2.05) is 44.2 Å². The molecule has 2 aromatic rings. The summed E-state index contributed by atoms with van der Waals surface area (Å²) in [6, 6.07) is 11.9. The highest BCUT2D eigenvalue weighted by molar-refractivity contribution is 7.23. The molecule has 0 unspecified atom stereocenters. The number of rotatable bonds is 2. The van der Waals surface area contributed by atoms with E-state index in [0.29, 0.717) is 5.56 Å². The standard InChI is InChI=1S/C12H11BO2S/c1-15-12(14)9-7-10(16-11(9)13)8-5-3-2-4-6-8/h2-7H,13H2,1H3. The van der Waals surface area contributed by atoms with Crippen LogP contribution in [-0.4, -0.2) is 20.9 Å². The molecule has 1 aromatic heterocycles. The lowest BCUT2D eigenvalue weighted by Crippen LogP contribution is -2.11. The van der Waals surface area contributed by atoms with Crippen molar-refractivity contribution in [2.45, 2.75) is 0 Å². The third kappa shape index (κ3) is 2.02. The van der Waals surface area contributed by atoms with E-state index in [1.165, 1.54) is 7.11 Å². The van der Waals surface area contributed by atoms with Gasteiger partial charge in [-0.2, -0.15) is 11.3 Å². The molecule has 0 spiro atoms. The van der Waals surface area contributed by atoms with Gasteiger partial charge in [0, 0.05) is 4.88 Å². The Morgan fingerprint density at radius 1 is 1.31 bits per heavy atom. The van der Waals surface area contributed by atoms with E-state index in [2.05, 4.69) is 0 Å². The monoisotopic (exact) mass is 230 g/mol. The maximum absolute atomic E-state index is 11.5. The molecule has 0 saturated carbocycles. The Balaban J connectivity index is 2.42. The van der Waals surface area contributed by atoms with Gasteiger partial charge in [-0.25, -0.2) is 4.79 Å². The second-order valence-corrected chi connectivity index (χ2v) is 4.69. The molecule has 0 N–H and O–H groups in total. The number of hydrogen-bond acceptors (Lipinski definition) is 3. The van der Waals surface area contributed by atoms with Crippen LogP contribution in [0, 0.1) is 0 Å². The Hall–Kier alpha value is -1.55. The molecule has 80 valence electrons. The minimum absolute atomic E-state index is 0.268. The van der Waals surface area contributed by atoms with Gasteiger partial charge in [-0.3, -0.25) is 0 Å². The van der Waals surface area contributed by atoms with E-state index >= 15 is 0 Å². The number of benzene rings is 1. The van der Waals surface area contributed by atoms with Crippen molar-refractivity contribution >= 4 is 29.9 Å². The van der Waals surface area contributed by atoms with Crippen LogP contribution in [0.2, 0.25) is 0 Å². The van der Waals surface area contributed by atoms with Gasteiger partial charge in [0.15, 0.2) is 7.85 Å². The van der Waals surface area contributed by atoms with Crippen LogP contribution in [0.5, 0.6) is 0 Å². The average Bonchev–Trinajstić information content (AvgIpc) is 2.71. The molecule has 2 nitrogen and oxygen atoms in total. The molecule has 0 aliphatic rings. The first-order chi connectivity index (χ1) is 7.72. The molecule has 4 heteroatoms. The number of methoxy groups -OCH3 is 1. The average molecular weight is 230 g/mol. The predicted octanol–water partition coefficient (Wildman–Crippen LogP) is 1.46. The summed E-state index contributed by atoms with van der Waals surface area (Å²) in [6.07, 6.45) is 0. The van der Waals surface area contributed by atoms with E-state index in [9.17, 15) is 4.79 Å². The highest BCUT2D eigenvalue weighted by atomic mass is 32.1. The van der Waals surface area contributed by atoms with Gasteiger partial charge in [0.05, 0.1) is 12.7 Å². The predicted molar refractivity (Wildman–Crippen MR) is 69.3 cm³/mol. The van der Waals surface area contributed by atoms with Crippen molar-refractivity contribution in [1.29, 1.82) is 0 Å². The first kappa shape index (κ1) is 11.0. The summed E-state index contributed by atoms with van der Waals surface area (Å²) in [6.45, 7) is 0. The Labute approximate surface area is 99.3 Å². The van der Waals surface area contributed by atoms with Gasteiger partial charge in [0.1, 0.15) is 0 Å². The van der Waals surface area contributed by atoms with Gasteiger partial charge in [-0.1, -0.05) is 30.3 Å². The van der Waals surface area contributed by atoms with Crippen molar-refractivity contribution in [3.63, 3.8) is 0 Å². The summed E-state index contributed by atoms with van der Waals surface area (Å²) >= 11 is 1.61. The van der Waals surface area contributed by atoms with Crippen molar-refractivity contribution in [3.8, 4) is 10.4 Å². The molecule has 1 aromatic carbocycles. The lowest BCUT2D eigenvalue weighted by molar-refractivity contribution is 0.0603. The topological polar surface area (TPSA) is 26.3 Å². The van der Waals surface area contributed by atoms with Crippen molar-refractivity contribution in [3.05, 3.63) is 42.0 Å². The number of hydrogen-bond donors (Lipinski definition) is 0. The van der Waals surface area contributed by atoms with E-state index in [-0.39, 0.29) is 5.97 Å². The van der Waals surface area contributed by atoms with Crippen LogP contribution >= 0.6 is 11.3 Å². The van der Waals surface area contributed by atoms with E-state index in [4.69, 9.17) is 4.74 Å². The second kappa shape index (κ2) is 4.53. The molecule has 16 heavy (non-hydrogen) atoms. The molecule has 1 heterocycles. The largest absolute Gasteiger partial charge is 0.465 e. The van der Waals surface area contributed by atoms with Gasteiger partial charge in [0.25, 0.3) is 0 Å². The van der Waals surface area contributed by atoms with Crippen LogP contribution in [-0.2, 0) is 4.74 Å². The van der Waals surface area contributed by atoms with Gasteiger partial charge in [0.2, 0.25) is 0 Å². The van der Waals surface area contributed by atoms with Gasteiger partial charge in [-0.15, -0.1) is 0 Å². The van der Waals surface area contributed by atoms with Crippen molar-refractivity contribution < 1.29 is 9.53 Å². The summed E-state index contributed by atoms with van der Waals surface area (Å²) in [4.78, 5) is 12.6. The van der Waals surface area contributed by atoms with E-state index in [0.717, 1.165) is 15.2 Å². The van der Waals surface area contributed by atoms with E-state index < -0.39 is 0 Å². The first-order valence-corrected chi connectivity index (χ1v) is 5.78. The summed E-state index contributed by atoms with van der Waals surface area (Å²) in [7, 11) is 3.34. The zero-order valence-electron chi connectivity index (χ0n) is 9.19. The van der Waals surface area contributed by atoms with Crippen molar-refractivity contribution in [2.24, 2.45) is 0 Å². The quantitative estimate of drug-likeness (QED) is 0.576. The van der Waals surface area contributed by atoms with Crippen LogP contribution in [0.3, 0.4) is 0 Å². The number of ether oxygens (including phenoxy) is 1. The summed E-state index contributed by atoms with van der Waals surface area (Å²) in [5.41, 5.74) is 1.79. The Morgan fingerprint density at radius 3 is 2.62 bits per heavy atom. The molecule has 0 radical (unpaired) electrons. The first-order valence-electron chi connectivity index (χ1n) is 4.96. The highest BCUT2D eigenvalue weighted by Gasteiger charge is 2.13. The van der Waals surface area contributed by atoms with Crippen LogP contribution in [0.25, 0.3) is 10.4 Å². The maximum Gasteiger partial charge on any atom is 0.338 e. The summed E-state index contributed by atoms with van der Waals surface area (Å²) in [5, 5.41) is 0. The lowest BCUT2D eigenvalue weighted by atomic mass is 10.0. The van der Waals surface area contributed by atoms with Crippen molar-refractivity contribution in [1.82, 2.24) is 0 Å². The minimum atomic E-state index is -0.268. The van der Waals surface area contributed by atoms with E-state index in [1.54, 1.807) is 11.3 Å².